The Kier molecular flexibility index (Phi) is 11.6. The Balaban J connectivity index is 1.88. The van der Waals surface area contributed by atoms with Crippen LogP contribution >= 0.6 is 23.2 Å². The summed E-state index contributed by atoms with van der Waals surface area (Å²) < 4.78 is 35.1. The van der Waals surface area contributed by atoms with E-state index in [9.17, 15) is 18.0 Å². The van der Waals surface area contributed by atoms with Gasteiger partial charge >= 0.3 is 0 Å². The molecule has 1 atom stereocenters. The van der Waals surface area contributed by atoms with Gasteiger partial charge in [0, 0.05) is 34.1 Å². The summed E-state index contributed by atoms with van der Waals surface area (Å²) in [5.74, 6) is -0.807. The summed E-state index contributed by atoms with van der Waals surface area (Å²) in [4.78, 5) is 30.1. The summed E-state index contributed by atoms with van der Waals surface area (Å²) >= 11 is 13.2. The average molecular weight is 697 g/mol. The number of nitrogens with one attached hydrogen (secondary N) is 1. The van der Waals surface area contributed by atoms with Gasteiger partial charge in [0.15, 0.2) is 0 Å². The second kappa shape index (κ2) is 15.2. The van der Waals surface area contributed by atoms with Crippen LogP contribution < -0.4 is 14.4 Å². The Morgan fingerprint density at radius 2 is 1.45 bits per heavy atom. The van der Waals surface area contributed by atoms with Gasteiger partial charge in [0.1, 0.15) is 18.3 Å². The number of carbonyl (C=O) groups is 2. The third-order valence-electron chi connectivity index (χ3n) is 7.40. The van der Waals surface area contributed by atoms with Crippen molar-refractivity contribution in [2.75, 3.05) is 18.0 Å². The molecule has 0 unspecified atom stereocenters. The molecule has 2 amide bonds. The normalized spacial score (nSPS) is 12.2. The number of rotatable bonds is 12. The maximum Gasteiger partial charge on any atom is 0.264 e. The Bertz CT molecular complexity index is 1790. The number of halogens is 2. The van der Waals surface area contributed by atoms with Crippen LogP contribution in [0.4, 0.5) is 5.69 Å². The van der Waals surface area contributed by atoms with Gasteiger partial charge in [0.05, 0.1) is 17.7 Å². The first-order chi connectivity index (χ1) is 22.2. The van der Waals surface area contributed by atoms with Crippen molar-refractivity contribution in [2.24, 2.45) is 0 Å². The zero-order valence-electron chi connectivity index (χ0n) is 27.0. The zero-order chi connectivity index (χ0) is 34.4. The van der Waals surface area contributed by atoms with Crippen LogP contribution in [-0.4, -0.2) is 50.4 Å². The highest BCUT2D eigenvalue weighted by Crippen LogP contribution is 2.33. The molecule has 8 nitrogen and oxygen atoms in total. The van der Waals surface area contributed by atoms with Crippen molar-refractivity contribution in [3.63, 3.8) is 0 Å². The molecule has 4 aromatic carbocycles. The molecule has 11 heteroatoms. The number of hydrogen-bond donors (Lipinski definition) is 1. The molecule has 0 aliphatic rings. The lowest BCUT2D eigenvalue weighted by molar-refractivity contribution is -0.140. The molecule has 1 N–H and O–H groups in total. The first-order valence-corrected chi connectivity index (χ1v) is 17.2. The van der Waals surface area contributed by atoms with Crippen molar-refractivity contribution >= 4 is 50.7 Å². The van der Waals surface area contributed by atoms with Crippen LogP contribution in [0.25, 0.3) is 0 Å². The maximum absolute atomic E-state index is 14.7. The minimum absolute atomic E-state index is 0.00573. The van der Waals surface area contributed by atoms with Gasteiger partial charge in [0.25, 0.3) is 10.0 Å². The third kappa shape index (κ3) is 9.06. The van der Waals surface area contributed by atoms with E-state index in [2.05, 4.69) is 5.32 Å². The summed E-state index contributed by atoms with van der Waals surface area (Å²) in [6, 6.07) is 26.1. The van der Waals surface area contributed by atoms with Gasteiger partial charge < -0.3 is 15.0 Å². The SMILES string of the molecule is COc1ccccc1N(CC(=O)N(Cc1c(Cl)cccc1Cl)[C@H](Cc1ccccc1)C(=O)NC(C)(C)C)S(=O)(=O)c1ccc(C)cc1. The highest BCUT2D eigenvalue weighted by molar-refractivity contribution is 7.92. The number of para-hydroxylation sites is 2. The first-order valence-electron chi connectivity index (χ1n) is 15.0. The van der Waals surface area contributed by atoms with Gasteiger partial charge in [-0.2, -0.15) is 0 Å². The molecule has 0 bridgehead atoms. The first kappa shape index (κ1) is 35.8. The van der Waals surface area contributed by atoms with E-state index in [0.717, 1.165) is 15.4 Å². The van der Waals surface area contributed by atoms with E-state index in [1.807, 2.05) is 58.0 Å². The van der Waals surface area contributed by atoms with E-state index >= 15 is 0 Å². The zero-order valence-corrected chi connectivity index (χ0v) is 29.4. The number of ether oxygens (including phenoxy) is 1. The number of nitrogens with zero attached hydrogens (tertiary/aromatic N) is 2. The van der Waals surface area contributed by atoms with Crippen LogP contribution in [0.3, 0.4) is 0 Å². The smallest absolute Gasteiger partial charge is 0.264 e. The standard InChI is InChI=1S/C36H39Cl2N3O5S/c1-25-18-20-27(21-19-25)47(44,45)41(31-16-9-10-17-33(31)46-5)24-34(42)40(23-28-29(37)14-11-15-30(28)38)32(35(43)39-36(2,3)4)22-26-12-7-6-8-13-26/h6-21,32H,22-24H2,1-5H3,(H,39,43)/t32-/m1/s1. The van der Waals surface area contributed by atoms with E-state index in [1.165, 1.54) is 24.1 Å². The number of amides is 2. The number of aryl methyl sites for hydroxylation is 1. The fraction of sp³-hybridized carbons (Fsp3) is 0.278. The summed E-state index contributed by atoms with van der Waals surface area (Å²) in [6.45, 7) is 6.59. The minimum atomic E-state index is -4.30. The molecular formula is C36H39Cl2N3O5S. The van der Waals surface area contributed by atoms with Gasteiger partial charge in [-0.1, -0.05) is 89.4 Å². The van der Waals surface area contributed by atoms with Gasteiger partial charge in [-0.25, -0.2) is 8.42 Å². The topological polar surface area (TPSA) is 96.0 Å². The van der Waals surface area contributed by atoms with E-state index in [4.69, 9.17) is 27.9 Å². The predicted molar refractivity (Wildman–Crippen MR) is 188 cm³/mol. The van der Waals surface area contributed by atoms with E-state index in [1.54, 1.807) is 54.6 Å². The number of sulfonamides is 1. The number of anilines is 1. The Labute approximate surface area is 287 Å². The van der Waals surface area contributed by atoms with E-state index in [0.29, 0.717) is 15.6 Å². The molecule has 248 valence electrons. The number of benzene rings is 4. The average Bonchev–Trinajstić information content (AvgIpc) is 3.02. The summed E-state index contributed by atoms with van der Waals surface area (Å²) in [6.07, 6.45) is 0.149. The van der Waals surface area contributed by atoms with E-state index in [-0.39, 0.29) is 29.3 Å². The lowest BCUT2D eigenvalue weighted by atomic mass is 10.0. The summed E-state index contributed by atoms with van der Waals surface area (Å²) in [5.41, 5.74) is 1.65. The van der Waals surface area contributed by atoms with Crippen molar-refractivity contribution in [1.29, 1.82) is 0 Å². The predicted octanol–water partition coefficient (Wildman–Crippen LogP) is 7.06. The van der Waals surface area contributed by atoms with Crippen LogP contribution in [0.5, 0.6) is 5.75 Å². The molecule has 0 aromatic heterocycles. The highest BCUT2D eigenvalue weighted by atomic mass is 35.5. The molecule has 0 spiro atoms. The minimum Gasteiger partial charge on any atom is -0.495 e. The van der Waals surface area contributed by atoms with Crippen molar-refractivity contribution in [3.05, 3.63) is 124 Å². The second-order valence-corrected chi connectivity index (χ2v) is 14.8. The van der Waals surface area contributed by atoms with Crippen LogP contribution in [0.15, 0.2) is 102 Å². The van der Waals surface area contributed by atoms with Crippen molar-refractivity contribution < 1.29 is 22.7 Å². The maximum atomic E-state index is 14.7. The van der Waals surface area contributed by atoms with Crippen molar-refractivity contribution in [3.8, 4) is 5.75 Å². The lowest BCUT2D eigenvalue weighted by Gasteiger charge is -2.35. The molecular weight excluding hydrogens is 657 g/mol. The number of carbonyl (C=O) groups excluding carboxylic acids is 2. The van der Waals surface area contributed by atoms with Crippen LogP contribution in [-0.2, 0) is 32.6 Å². The summed E-state index contributed by atoms with van der Waals surface area (Å²) in [5, 5.41) is 3.61. The van der Waals surface area contributed by atoms with Gasteiger partial charge in [0.2, 0.25) is 11.8 Å². The van der Waals surface area contributed by atoms with Crippen molar-refractivity contribution in [2.45, 2.75) is 57.1 Å². The summed E-state index contributed by atoms with van der Waals surface area (Å²) in [7, 11) is -2.88. The molecule has 0 aliphatic carbocycles. The van der Waals surface area contributed by atoms with Gasteiger partial charge in [-0.3, -0.25) is 13.9 Å². The number of hydrogen-bond acceptors (Lipinski definition) is 5. The molecule has 47 heavy (non-hydrogen) atoms. The molecule has 0 heterocycles. The lowest BCUT2D eigenvalue weighted by Crippen LogP contribution is -2.56. The fourth-order valence-electron chi connectivity index (χ4n) is 5.05. The highest BCUT2D eigenvalue weighted by Gasteiger charge is 2.37. The van der Waals surface area contributed by atoms with Crippen molar-refractivity contribution in [1.82, 2.24) is 10.2 Å². The molecule has 0 saturated carbocycles. The monoisotopic (exact) mass is 695 g/mol. The molecule has 0 fully saturated rings. The van der Waals surface area contributed by atoms with Crippen LogP contribution in [0, 0.1) is 6.92 Å². The molecule has 0 radical (unpaired) electrons. The molecule has 0 saturated heterocycles. The Morgan fingerprint density at radius 1 is 0.851 bits per heavy atom. The molecule has 4 aromatic rings. The number of methoxy groups -OCH3 is 1. The molecule has 4 rings (SSSR count). The quantitative estimate of drug-likeness (QED) is 0.171. The third-order valence-corrected chi connectivity index (χ3v) is 9.88. The Morgan fingerprint density at radius 3 is 2.04 bits per heavy atom. The van der Waals surface area contributed by atoms with Gasteiger partial charge in [-0.05, 0) is 69.7 Å². The van der Waals surface area contributed by atoms with Gasteiger partial charge in [-0.15, -0.1) is 0 Å². The van der Waals surface area contributed by atoms with Crippen LogP contribution in [0.1, 0.15) is 37.5 Å². The van der Waals surface area contributed by atoms with E-state index < -0.39 is 40.0 Å². The van der Waals surface area contributed by atoms with Crippen LogP contribution in [0.2, 0.25) is 10.0 Å². The fourth-order valence-corrected chi connectivity index (χ4v) is 6.99. The Hall–Kier alpha value is -4.05. The molecule has 0 aliphatic heterocycles. The largest absolute Gasteiger partial charge is 0.495 e. The second-order valence-electron chi connectivity index (χ2n) is 12.2.